The lowest BCUT2D eigenvalue weighted by Crippen LogP contribution is -2.48. The summed E-state index contributed by atoms with van der Waals surface area (Å²) >= 11 is 0. The summed E-state index contributed by atoms with van der Waals surface area (Å²) in [6.07, 6.45) is 1.69. The number of sulfone groups is 1. The first kappa shape index (κ1) is 16.7. The standard InChI is InChI=1S/C10H20N2O5S/c1-4-8(2)12(7-9(13)14)10(15)11-5-6-18(3,16)17/h8H,4-7H2,1-3H3,(H,11,15)(H,13,14). The van der Waals surface area contributed by atoms with Gasteiger partial charge < -0.3 is 15.3 Å². The highest BCUT2D eigenvalue weighted by Crippen LogP contribution is 2.03. The Labute approximate surface area is 107 Å². The highest BCUT2D eigenvalue weighted by Gasteiger charge is 2.21. The molecule has 0 spiro atoms. The fraction of sp³-hybridized carbons (Fsp3) is 0.800. The van der Waals surface area contributed by atoms with Crippen LogP contribution in [0, 0.1) is 0 Å². The molecule has 0 aromatic rings. The number of carbonyl (C=O) groups is 2. The van der Waals surface area contributed by atoms with Crippen molar-refractivity contribution in [3.63, 3.8) is 0 Å². The number of nitrogens with one attached hydrogen (secondary N) is 1. The van der Waals surface area contributed by atoms with Crippen molar-refractivity contribution < 1.29 is 23.1 Å². The molecular weight excluding hydrogens is 260 g/mol. The van der Waals surface area contributed by atoms with Crippen molar-refractivity contribution >= 4 is 21.8 Å². The van der Waals surface area contributed by atoms with Gasteiger partial charge >= 0.3 is 12.0 Å². The Morgan fingerprint density at radius 1 is 1.39 bits per heavy atom. The molecule has 0 saturated carbocycles. The summed E-state index contributed by atoms with van der Waals surface area (Å²) in [4.78, 5) is 23.5. The van der Waals surface area contributed by atoms with Crippen LogP contribution in [0.4, 0.5) is 4.79 Å². The number of carboxylic acid groups (broad SMARTS) is 1. The minimum atomic E-state index is -3.14. The van der Waals surface area contributed by atoms with Crippen LogP contribution in [0.3, 0.4) is 0 Å². The number of amides is 2. The Kier molecular flexibility index (Phi) is 6.67. The molecule has 0 aliphatic rings. The molecule has 0 bridgehead atoms. The molecule has 0 heterocycles. The average molecular weight is 280 g/mol. The second-order valence-corrected chi connectivity index (χ2v) is 6.40. The number of rotatable bonds is 7. The second-order valence-electron chi connectivity index (χ2n) is 4.14. The van der Waals surface area contributed by atoms with E-state index < -0.39 is 28.4 Å². The number of carbonyl (C=O) groups excluding carboxylic acids is 1. The number of hydrogen-bond donors (Lipinski definition) is 2. The zero-order valence-corrected chi connectivity index (χ0v) is 11.7. The van der Waals surface area contributed by atoms with Gasteiger partial charge in [-0.25, -0.2) is 13.2 Å². The van der Waals surface area contributed by atoms with E-state index >= 15 is 0 Å². The molecule has 2 amide bonds. The molecule has 106 valence electrons. The minimum Gasteiger partial charge on any atom is -0.480 e. The van der Waals surface area contributed by atoms with Gasteiger partial charge in [0.05, 0.1) is 5.75 Å². The molecule has 0 aromatic heterocycles. The molecule has 1 unspecified atom stereocenters. The average Bonchev–Trinajstić information content (AvgIpc) is 2.22. The summed E-state index contributed by atoms with van der Waals surface area (Å²) in [5.74, 6) is -1.27. The molecule has 0 radical (unpaired) electrons. The number of hydrogen-bond acceptors (Lipinski definition) is 4. The summed E-state index contributed by atoms with van der Waals surface area (Å²) < 4.78 is 21.8. The molecule has 8 heteroatoms. The monoisotopic (exact) mass is 280 g/mol. The molecule has 2 N–H and O–H groups in total. The van der Waals surface area contributed by atoms with E-state index in [9.17, 15) is 18.0 Å². The van der Waals surface area contributed by atoms with Crippen molar-refractivity contribution in [1.82, 2.24) is 10.2 Å². The van der Waals surface area contributed by atoms with Crippen LogP contribution in [0.15, 0.2) is 0 Å². The lowest BCUT2D eigenvalue weighted by molar-refractivity contribution is -0.138. The van der Waals surface area contributed by atoms with E-state index in [1.165, 1.54) is 4.90 Å². The van der Waals surface area contributed by atoms with Gasteiger partial charge in [0.15, 0.2) is 0 Å². The van der Waals surface area contributed by atoms with E-state index in [4.69, 9.17) is 5.11 Å². The van der Waals surface area contributed by atoms with Gasteiger partial charge in [-0.15, -0.1) is 0 Å². The van der Waals surface area contributed by atoms with Crippen LogP contribution in [0.2, 0.25) is 0 Å². The van der Waals surface area contributed by atoms with Crippen LogP contribution >= 0.6 is 0 Å². The Balaban J connectivity index is 4.43. The second kappa shape index (κ2) is 7.20. The van der Waals surface area contributed by atoms with Crippen molar-refractivity contribution in [3.8, 4) is 0 Å². The molecule has 0 aromatic carbocycles. The van der Waals surface area contributed by atoms with Crippen molar-refractivity contribution in [2.45, 2.75) is 26.3 Å². The number of aliphatic carboxylic acids is 1. The van der Waals surface area contributed by atoms with Crippen LogP contribution in [-0.4, -0.2) is 61.6 Å². The summed E-state index contributed by atoms with van der Waals surface area (Å²) in [6, 6.07) is -0.783. The highest BCUT2D eigenvalue weighted by atomic mass is 32.2. The Hall–Kier alpha value is -1.31. The van der Waals surface area contributed by atoms with Crippen LogP contribution in [-0.2, 0) is 14.6 Å². The molecule has 0 aliphatic heterocycles. The molecule has 7 nitrogen and oxygen atoms in total. The highest BCUT2D eigenvalue weighted by molar-refractivity contribution is 7.90. The van der Waals surface area contributed by atoms with E-state index in [2.05, 4.69) is 5.32 Å². The minimum absolute atomic E-state index is 0.0236. The van der Waals surface area contributed by atoms with Crippen LogP contribution in [0.1, 0.15) is 20.3 Å². The fourth-order valence-electron chi connectivity index (χ4n) is 1.24. The third kappa shape index (κ3) is 7.10. The van der Waals surface area contributed by atoms with Gasteiger partial charge in [0.1, 0.15) is 16.4 Å². The molecular formula is C10H20N2O5S. The van der Waals surface area contributed by atoms with Gasteiger partial charge in [-0.2, -0.15) is 0 Å². The first-order valence-electron chi connectivity index (χ1n) is 5.61. The molecule has 1 atom stereocenters. The largest absolute Gasteiger partial charge is 0.480 e. The summed E-state index contributed by atoms with van der Waals surface area (Å²) in [6.45, 7) is 3.15. The van der Waals surface area contributed by atoms with E-state index in [1.54, 1.807) is 6.92 Å². The van der Waals surface area contributed by atoms with Crippen molar-refractivity contribution in [1.29, 1.82) is 0 Å². The van der Waals surface area contributed by atoms with E-state index in [-0.39, 0.29) is 18.3 Å². The van der Waals surface area contributed by atoms with Crippen LogP contribution in [0.5, 0.6) is 0 Å². The molecule has 0 aliphatic carbocycles. The SMILES string of the molecule is CCC(C)N(CC(=O)O)C(=O)NCCS(C)(=O)=O. The molecule has 18 heavy (non-hydrogen) atoms. The van der Waals surface area contributed by atoms with E-state index in [0.717, 1.165) is 6.26 Å². The van der Waals surface area contributed by atoms with E-state index in [0.29, 0.717) is 6.42 Å². The van der Waals surface area contributed by atoms with Gasteiger partial charge in [-0.05, 0) is 13.3 Å². The van der Waals surface area contributed by atoms with Gasteiger partial charge in [0, 0.05) is 18.8 Å². The van der Waals surface area contributed by atoms with Crippen molar-refractivity contribution in [2.75, 3.05) is 25.1 Å². The topological polar surface area (TPSA) is 104 Å². The lowest BCUT2D eigenvalue weighted by Gasteiger charge is -2.27. The third-order valence-electron chi connectivity index (χ3n) is 2.44. The Morgan fingerprint density at radius 3 is 2.33 bits per heavy atom. The molecule has 0 saturated heterocycles. The zero-order chi connectivity index (χ0) is 14.3. The quantitative estimate of drug-likeness (QED) is 0.679. The summed E-state index contributed by atoms with van der Waals surface area (Å²) in [5, 5.41) is 11.1. The van der Waals surface area contributed by atoms with Crippen LogP contribution in [0.25, 0.3) is 0 Å². The third-order valence-corrected chi connectivity index (χ3v) is 3.38. The Bertz CT molecular complexity index is 393. The fourth-order valence-corrected chi connectivity index (χ4v) is 1.71. The van der Waals surface area contributed by atoms with Crippen molar-refractivity contribution in [2.24, 2.45) is 0 Å². The Morgan fingerprint density at radius 2 is 1.94 bits per heavy atom. The van der Waals surface area contributed by atoms with Crippen LogP contribution < -0.4 is 5.32 Å². The first-order valence-corrected chi connectivity index (χ1v) is 7.67. The summed E-state index contributed by atoms with van der Waals surface area (Å²) in [5.41, 5.74) is 0. The number of nitrogens with zero attached hydrogens (tertiary/aromatic N) is 1. The normalized spacial score (nSPS) is 12.8. The molecule has 0 fully saturated rings. The maximum Gasteiger partial charge on any atom is 0.323 e. The maximum absolute atomic E-state index is 11.7. The predicted octanol–water partition coefficient (Wildman–Crippen LogP) is -0.0743. The number of urea groups is 1. The zero-order valence-electron chi connectivity index (χ0n) is 10.8. The van der Waals surface area contributed by atoms with Gasteiger partial charge in [-0.3, -0.25) is 4.79 Å². The van der Waals surface area contributed by atoms with Crippen molar-refractivity contribution in [3.05, 3.63) is 0 Å². The van der Waals surface area contributed by atoms with Gasteiger partial charge in [0.25, 0.3) is 0 Å². The van der Waals surface area contributed by atoms with E-state index in [1.807, 2.05) is 6.92 Å². The predicted molar refractivity (Wildman–Crippen MR) is 67.2 cm³/mol. The van der Waals surface area contributed by atoms with Gasteiger partial charge in [-0.1, -0.05) is 6.92 Å². The maximum atomic E-state index is 11.7. The molecule has 0 rings (SSSR count). The number of carboxylic acids is 1. The lowest BCUT2D eigenvalue weighted by atomic mass is 10.2. The van der Waals surface area contributed by atoms with Gasteiger partial charge in [0.2, 0.25) is 0 Å². The first-order chi connectivity index (χ1) is 8.17. The summed E-state index contributed by atoms with van der Waals surface area (Å²) in [7, 11) is -3.14. The smallest absolute Gasteiger partial charge is 0.323 e.